The third-order valence-corrected chi connectivity index (χ3v) is 3.20. The molecular formula is C17H15NO5. The maximum atomic E-state index is 11.0. The van der Waals surface area contributed by atoms with Crippen molar-refractivity contribution < 1.29 is 23.5 Å². The second-order valence-electron chi connectivity index (χ2n) is 4.85. The first-order valence-electron chi connectivity index (χ1n) is 6.99. The van der Waals surface area contributed by atoms with E-state index in [0.29, 0.717) is 22.8 Å². The van der Waals surface area contributed by atoms with E-state index in [0.717, 1.165) is 11.1 Å². The monoisotopic (exact) mass is 313 g/mol. The molecule has 0 aliphatic heterocycles. The zero-order valence-corrected chi connectivity index (χ0v) is 12.7. The van der Waals surface area contributed by atoms with Gasteiger partial charge in [-0.05, 0) is 24.3 Å². The van der Waals surface area contributed by atoms with E-state index in [4.69, 9.17) is 18.7 Å². The third-order valence-electron chi connectivity index (χ3n) is 3.20. The Balaban J connectivity index is 1.76. The normalized spacial score (nSPS) is 10.5. The summed E-state index contributed by atoms with van der Waals surface area (Å²) < 4.78 is 21.1. The van der Waals surface area contributed by atoms with Crippen molar-refractivity contribution in [2.24, 2.45) is 0 Å². The number of methoxy groups -OCH3 is 1. The molecule has 0 N–H and O–H groups in total. The van der Waals surface area contributed by atoms with E-state index < -0.39 is 0 Å². The Morgan fingerprint density at radius 1 is 1.13 bits per heavy atom. The molecule has 6 nitrogen and oxygen atoms in total. The third kappa shape index (κ3) is 3.42. The molecule has 118 valence electrons. The standard InChI is InChI=1S/C17H15NO5/c1-11(19)22-14-6-7-15-16(18-23-17(15)9-14)10-21-13-5-3-4-12(8-13)20-2/h3-9H,10H2,1-2H3. The molecule has 0 aliphatic rings. The number of esters is 1. The van der Waals surface area contributed by atoms with Crippen LogP contribution in [0.3, 0.4) is 0 Å². The average Bonchev–Trinajstić information content (AvgIpc) is 2.95. The minimum Gasteiger partial charge on any atom is -0.497 e. The molecule has 0 saturated carbocycles. The van der Waals surface area contributed by atoms with Gasteiger partial charge in [0, 0.05) is 24.4 Å². The highest BCUT2D eigenvalue weighted by molar-refractivity contribution is 5.81. The molecule has 0 saturated heterocycles. The zero-order valence-electron chi connectivity index (χ0n) is 12.7. The van der Waals surface area contributed by atoms with Gasteiger partial charge in [-0.2, -0.15) is 0 Å². The average molecular weight is 313 g/mol. The van der Waals surface area contributed by atoms with Crippen molar-refractivity contribution >= 4 is 16.9 Å². The summed E-state index contributed by atoms with van der Waals surface area (Å²) >= 11 is 0. The number of hydrogen-bond donors (Lipinski definition) is 0. The lowest BCUT2D eigenvalue weighted by Gasteiger charge is -2.06. The predicted octanol–water partition coefficient (Wildman–Crippen LogP) is 3.34. The molecule has 0 spiro atoms. The van der Waals surface area contributed by atoms with Crippen molar-refractivity contribution in [1.29, 1.82) is 0 Å². The van der Waals surface area contributed by atoms with Gasteiger partial charge in [0.25, 0.3) is 0 Å². The molecule has 0 unspecified atom stereocenters. The van der Waals surface area contributed by atoms with Crippen LogP contribution in [0.5, 0.6) is 17.2 Å². The van der Waals surface area contributed by atoms with Gasteiger partial charge < -0.3 is 18.7 Å². The lowest BCUT2D eigenvalue weighted by atomic mass is 10.2. The van der Waals surface area contributed by atoms with E-state index in [1.807, 2.05) is 18.2 Å². The Bertz CT molecular complexity index is 840. The summed E-state index contributed by atoms with van der Waals surface area (Å²) in [6, 6.07) is 12.4. The summed E-state index contributed by atoms with van der Waals surface area (Å²) in [7, 11) is 1.60. The van der Waals surface area contributed by atoms with Crippen LogP contribution in [0.2, 0.25) is 0 Å². The maximum Gasteiger partial charge on any atom is 0.308 e. The molecule has 3 aromatic rings. The first kappa shape index (κ1) is 14.9. The molecule has 23 heavy (non-hydrogen) atoms. The van der Waals surface area contributed by atoms with Gasteiger partial charge in [-0.25, -0.2) is 0 Å². The first-order valence-corrected chi connectivity index (χ1v) is 6.99. The number of carbonyl (C=O) groups excluding carboxylic acids is 1. The summed E-state index contributed by atoms with van der Waals surface area (Å²) in [4.78, 5) is 11.0. The molecule has 0 radical (unpaired) electrons. The number of aromatic nitrogens is 1. The van der Waals surface area contributed by atoms with E-state index in [1.54, 1.807) is 31.4 Å². The van der Waals surface area contributed by atoms with E-state index >= 15 is 0 Å². The highest BCUT2D eigenvalue weighted by Crippen LogP contribution is 2.25. The number of ether oxygens (including phenoxy) is 3. The molecule has 6 heteroatoms. The Labute approximate surface area is 132 Å². The quantitative estimate of drug-likeness (QED) is 0.531. The second-order valence-corrected chi connectivity index (χ2v) is 4.85. The number of nitrogens with zero attached hydrogens (tertiary/aromatic N) is 1. The van der Waals surface area contributed by atoms with Crippen molar-refractivity contribution in [3.63, 3.8) is 0 Å². The van der Waals surface area contributed by atoms with Gasteiger partial charge >= 0.3 is 5.97 Å². The molecule has 0 bridgehead atoms. The molecular weight excluding hydrogens is 298 g/mol. The van der Waals surface area contributed by atoms with E-state index in [1.165, 1.54) is 6.92 Å². The topological polar surface area (TPSA) is 70.8 Å². The largest absolute Gasteiger partial charge is 0.497 e. The number of carbonyl (C=O) groups is 1. The van der Waals surface area contributed by atoms with E-state index in [9.17, 15) is 4.79 Å². The Morgan fingerprint density at radius 2 is 1.96 bits per heavy atom. The minimum absolute atomic E-state index is 0.257. The van der Waals surface area contributed by atoms with Gasteiger partial charge in [0.1, 0.15) is 29.5 Å². The summed E-state index contributed by atoms with van der Waals surface area (Å²) in [6.07, 6.45) is 0. The second kappa shape index (κ2) is 6.39. The Morgan fingerprint density at radius 3 is 2.74 bits per heavy atom. The Hall–Kier alpha value is -3.02. The van der Waals surface area contributed by atoms with Gasteiger partial charge in [0.2, 0.25) is 0 Å². The molecule has 0 amide bonds. The van der Waals surface area contributed by atoms with E-state index in [-0.39, 0.29) is 12.6 Å². The fraction of sp³-hybridized carbons (Fsp3) is 0.176. The predicted molar refractivity (Wildman–Crippen MR) is 82.6 cm³/mol. The minimum atomic E-state index is -0.384. The number of benzene rings is 2. The van der Waals surface area contributed by atoms with Crippen LogP contribution in [-0.4, -0.2) is 18.2 Å². The Kier molecular flexibility index (Phi) is 4.14. The van der Waals surface area contributed by atoms with Gasteiger partial charge in [-0.3, -0.25) is 4.79 Å². The number of hydrogen-bond acceptors (Lipinski definition) is 6. The van der Waals surface area contributed by atoms with Crippen molar-refractivity contribution in [3.8, 4) is 17.2 Å². The first-order chi connectivity index (χ1) is 11.2. The van der Waals surface area contributed by atoms with Crippen LogP contribution in [0.25, 0.3) is 11.0 Å². The van der Waals surface area contributed by atoms with Gasteiger partial charge in [-0.15, -0.1) is 0 Å². The SMILES string of the molecule is COc1cccc(OCc2noc3cc(OC(C)=O)ccc23)c1. The van der Waals surface area contributed by atoms with Crippen LogP contribution in [-0.2, 0) is 11.4 Å². The number of rotatable bonds is 5. The fourth-order valence-corrected chi connectivity index (χ4v) is 2.15. The lowest BCUT2D eigenvalue weighted by molar-refractivity contribution is -0.131. The molecule has 0 atom stereocenters. The summed E-state index contributed by atoms with van der Waals surface area (Å²) in [5.41, 5.74) is 1.20. The van der Waals surface area contributed by atoms with Gasteiger partial charge in [0.05, 0.1) is 7.11 Å². The molecule has 0 fully saturated rings. The van der Waals surface area contributed by atoms with Crippen LogP contribution in [0.4, 0.5) is 0 Å². The zero-order chi connectivity index (χ0) is 16.2. The van der Waals surface area contributed by atoms with Crippen molar-refractivity contribution in [1.82, 2.24) is 5.16 Å². The highest BCUT2D eigenvalue weighted by atomic mass is 16.5. The maximum absolute atomic E-state index is 11.0. The molecule has 1 aromatic heterocycles. The lowest BCUT2D eigenvalue weighted by Crippen LogP contribution is -2.00. The van der Waals surface area contributed by atoms with Gasteiger partial charge in [-0.1, -0.05) is 11.2 Å². The summed E-state index contributed by atoms with van der Waals surface area (Å²) in [6.45, 7) is 1.60. The molecule has 1 heterocycles. The van der Waals surface area contributed by atoms with Crippen LogP contribution in [0.1, 0.15) is 12.6 Å². The number of fused-ring (bicyclic) bond motifs is 1. The van der Waals surface area contributed by atoms with Crippen molar-refractivity contribution in [3.05, 3.63) is 48.2 Å². The van der Waals surface area contributed by atoms with Crippen LogP contribution in [0, 0.1) is 0 Å². The van der Waals surface area contributed by atoms with Gasteiger partial charge in [0.15, 0.2) is 5.58 Å². The molecule has 2 aromatic carbocycles. The molecule has 0 aliphatic carbocycles. The van der Waals surface area contributed by atoms with Crippen LogP contribution >= 0.6 is 0 Å². The van der Waals surface area contributed by atoms with Crippen molar-refractivity contribution in [2.45, 2.75) is 13.5 Å². The van der Waals surface area contributed by atoms with E-state index in [2.05, 4.69) is 5.16 Å². The van der Waals surface area contributed by atoms with Crippen LogP contribution < -0.4 is 14.2 Å². The van der Waals surface area contributed by atoms with Crippen molar-refractivity contribution in [2.75, 3.05) is 7.11 Å². The molecule has 3 rings (SSSR count). The highest BCUT2D eigenvalue weighted by Gasteiger charge is 2.11. The fourth-order valence-electron chi connectivity index (χ4n) is 2.15. The van der Waals surface area contributed by atoms with Crippen LogP contribution in [0.15, 0.2) is 47.0 Å². The summed E-state index contributed by atoms with van der Waals surface area (Å²) in [5.74, 6) is 1.43. The smallest absolute Gasteiger partial charge is 0.308 e. The summed E-state index contributed by atoms with van der Waals surface area (Å²) in [5, 5.41) is 4.81.